The number of hydrogen-bond donors (Lipinski definition) is 0. The standard InChI is InChI=1S/C21H25N3O4S/c1-15(2)29(25,26)24-12-10-23(11-13-24)21-17-14-16(27-3)8-9-19(17)28-20-7-5-4-6-18(20)22-21/h4-9,14-15H,10-13H2,1-3H3. The maximum absolute atomic E-state index is 12.5. The maximum atomic E-state index is 12.5. The molecule has 0 radical (unpaired) electrons. The van der Waals surface area contributed by atoms with Crippen molar-refractivity contribution < 1.29 is 17.9 Å². The number of rotatable bonds is 3. The summed E-state index contributed by atoms with van der Waals surface area (Å²) in [5.74, 6) is 2.87. The average Bonchev–Trinajstić information content (AvgIpc) is 2.89. The molecule has 4 rings (SSSR count). The fourth-order valence-corrected chi connectivity index (χ4v) is 4.79. The second kappa shape index (κ2) is 7.68. The van der Waals surface area contributed by atoms with E-state index in [2.05, 4.69) is 4.90 Å². The lowest BCUT2D eigenvalue weighted by Gasteiger charge is -2.36. The lowest BCUT2D eigenvalue weighted by atomic mass is 10.1. The molecular weight excluding hydrogens is 390 g/mol. The summed E-state index contributed by atoms with van der Waals surface area (Å²) >= 11 is 0. The van der Waals surface area contributed by atoms with Gasteiger partial charge in [-0.1, -0.05) is 12.1 Å². The molecule has 0 saturated carbocycles. The van der Waals surface area contributed by atoms with Crippen LogP contribution in [0.2, 0.25) is 0 Å². The molecule has 2 heterocycles. The Morgan fingerprint density at radius 3 is 2.45 bits per heavy atom. The first-order chi connectivity index (χ1) is 13.9. The highest BCUT2D eigenvalue weighted by molar-refractivity contribution is 7.89. The molecule has 2 aromatic rings. The van der Waals surface area contributed by atoms with Crippen molar-refractivity contribution in [3.05, 3.63) is 48.0 Å². The number of nitrogens with zero attached hydrogens (tertiary/aromatic N) is 3. The Balaban J connectivity index is 1.70. The van der Waals surface area contributed by atoms with Crippen LogP contribution in [0.25, 0.3) is 0 Å². The molecule has 2 aromatic carbocycles. The molecule has 0 amide bonds. The van der Waals surface area contributed by atoms with Crippen molar-refractivity contribution >= 4 is 21.5 Å². The van der Waals surface area contributed by atoms with Crippen LogP contribution in [0.4, 0.5) is 5.69 Å². The highest BCUT2D eigenvalue weighted by atomic mass is 32.2. The summed E-state index contributed by atoms with van der Waals surface area (Å²) in [7, 11) is -1.63. The van der Waals surface area contributed by atoms with Crippen molar-refractivity contribution in [1.82, 2.24) is 9.21 Å². The Morgan fingerprint density at radius 1 is 1.03 bits per heavy atom. The molecule has 0 aromatic heterocycles. The molecule has 0 atom stereocenters. The predicted octanol–water partition coefficient (Wildman–Crippen LogP) is 3.24. The normalized spacial score (nSPS) is 17.1. The van der Waals surface area contributed by atoms with E-state index in [1.165, 1.54) is 0 Å². The van der Waals surface area contributed by atoms with Crippen molar-refractivity contribution in [2.24, 2.45) is 4.99 Å². The number of amidine groups is 1. The zero-order valence-corrected chi connectivity index (χ0v) is 17.6. The van der Waals surface area contributed by atoms with Gasteiger partial charge in [-0.2, -0.15) is 4.31 Å². The Kier molecular flexibility index (Phi) is 5.23. The van der Waals surface area contributed by atoms with Crippen LogP contribution in [-0.4, -0.2) is 62.0 Å². The SMILES string of the molecule is COc1ccc2c(c1)C(N1CCN(S(=O)(=O)C(C)C)CC1)=Nc1ccccc1O2. The monoisotopic (exact) mass is 415 g/mol. The maximum Gasteiger partial charge on any atom is 0.216 e. The molecule has 7 nitrogen and oxygen atoms in total. The van der Waals surface area contributed by atoms with Crippen molar-refractivity contribution in [3.8, 4) is 17.2 Å². The van der Waals surface area contributed by atoms with Gasteiger partial charge in [-0.05, 0) is 44.2 Å². The van der Waals surface area contributed by atoms with Gasteiger partial charge in [-0.3, -0.25) is 0 Å². The van der Waals surface area contributed by atoms with E-state index in [1.807, 2.05) is 42.5 Å². The fraction of sp³-hybridized carbons (Fsp3) is 0.381. The first-order valence-electron chi connectivity index (χ1n) is 9.68. The minimum atomic E-state index is -3.26. The molecule has 0 bridgehead atoms. The number of hydrogen-bond acceptors (Lipinski definition) is 6. The third-order valence-electron chi connectivity index (χ3n) is 5.23. The summed E-state index contributed by atoms with van der Waals surface area (Å²) in [5, 5.41) is -0.422. The summed E-state index contributed by atoms with van der Waals surface area (Å²) in [5.41, 5.74) is 1.58. The van der Waals surface area contributed by atoms with E-state index in [0.717, 1.165) is 17.1 Å². The number of fused-ring (bicyclic) bond motifs is 2. The highest BCUT2D eigenvalue weighted by Gasteiger charge is 2.32. The van der Waals surface area contributed by atoms with Gasteiger partial charge in [0.05, 0.1) is 17.9 Å². The second-order valence-corrected chi connectivity index (χ2v) is 9.84. The van der Waals surface area contributed by atoms with E-state index in [0.29, 0.717) is 43.4 Å². The number of methoxy groups -OCH3 is 1. The molecule has 1 saturated heterocycles. The lowest BCUT2D eigenvalue weighted by Crippen LogP contribution is -2.52. The number of aliphatic imine (C=N–C) groups is 1. The molecule has 2 aliphatic heterocycles. The van der Waals surface area contributed by atoms with E-state index in [-0.39, 0.29) is 0 Å². The summed E-state index contributed by atoms with van der Waals surface area (Å²) in [6.45, 7) is 5.41. The van der Waals surface area contributed by atoms with Gasteiger partial charge in [0.15, 0.2) is 5.75 Å². The fourth-order valence-electron chi connectivity index (χ4n) is 3.52. The Morgan fingerprint density at radius 2 is 1.76 bits per heavy atom. The first kappa shape index (κ1) is 19.7. The predicted molar refractivity (Wildman–Crippen MR) is 113 cm³/mol. The van der Waals surface area contributed by atoms with E-state index >= 15 is 0 Å². The molecule has 0 unspecified atom stereocenters. The van der Waals surface area contributed by atoms with Crippen molar-refractivity contribution in [1.29, 1.82) is 0 Å². The van der Waals surface area contributed by atoms with Crippen LogP contribution in [0.15, 0.2) is 47.5 Å². The molecule has 2 aliphatic rings. The minimum Gasteiger partial charge on any atom is -0.497 e. The molecule has 0 spiro atoms. The summed E-state index contributed by atoms with van der Waals surface area (Å²) < 4.78 is 38.1. The highest BCUT2D eigenvalue weighted by Crippen LogP contribution is 2.39. The second-order valence-electron chi connectivity index (χ2n) is 7.35. The molecule has 8 heteroatoms. The van der Waals surface area contributed by atoms with Crippen molar-refractivity contribution in [2.75, 3.05) is 33.3 Å². The smallest absolute Gasteiger partial charge is 0.216 e. The third kappa shape index (κ3) is 3.70. The van der Waals surface area contributed by atoms with Crippen molar-refractivity contribution in [2.45, 2.75) is 19.1 Å². The molecule has 29 heavy (non-hydrogen) atoms. The van der Waals surface area contributed by atoms with Gasteiger partial charge in [-0.15, -0.1) is 0 Å². The van der Waals surface area contributed by atoms with Gasteiger partial charge in [-0.25, -0.2) is 13.4 Å². The topological polar surface area (TPSA) is 71.4 Å². The minimum absolute atomic E-state index is 0.422. The van der Waals surface area contributed by atoms with Gasteiger partial charge in [0.2, 0.25) is 10.0 Å². The Bertz CT molecular complexity index is 1040. The average molecular weight is 416 g/mol. The van der Waals surface area contributed by atoms with Crippen LogP contribution in [0.5, 0.6) is 17.2 Å². The molecular formula is C21H25N3O4S. The molecule has 1 fully saturated rings. The van der Waals surface area contributed by atoms with Gasteiger partial charge in [0.1, 0.15) is 23.0 Å². The van der Waals surface area contributed by atoms with Gasteiger partial charge < -0.3 is 14.4 Å². The van der Waals surface area contributed by atoms with Crippen LogP contribution in [0.3, 0.4) is 0 Å². The zero-order chi connectivity index (χ0) is 20.6. The number of sulfonamides is 1. The lowest BCUT2D eigenvalue weighted by molar-refractivity contribution is 0.265. The Hall–Kier alpha value is -2.58. The van der Waals surface area contributed by atoms with E-state index in [4.69, 9.17) is 14.5 Å². The van der Waals surface area contributed by atoms with Crippen LogP contribution in [-0.2, 0) is 10.0 Å². The van der Waals surface area contributed by atoms with Gasteiger partial charge in [0.25, 0.3) is 0 Å². The van der Waals surface area contributed by atoms with Gasteiger partial charge >= 0.3 is 0 Å². The van der Waals surface area contributed by atoms with E-state index in [9.17, 15) is 8.42 Å². The Labute approximate surface area is 171 Å². The van der Waals surface area contributed by atoms with Crippen LogP contribution < -0.4 is 9.47 Å². The van der Waals surface area contributed by atoms with Crippen LogP contribution in [0, 0.1) is 0 Å². The molecule has 154 valence electrons. The number of ether oxygens (including phenoxy) is 2. The van der Waals surface area contributed by atoms with E-state index in [1.54, 1.807) is 25.3 Å². The largest absolute Gasteiger partial charge is 0.497 e. The summed E-state index contributed by atoms with van der Waals surface area (Å²) in [6.07, 6.45) is 0. The third-order valence-corrected chi connectivity index (χ3v) is 7.51. The summed E-state index contributed by atoms with van der Waals surface area (Å²) in [4.78, 5) is 7.02. The zero-order valence-electron chi connectivity index (χ0n) is 16.8. The quantitative estimate of drug-likeness (QED) is 0.770. The van der Waals surface area contributed by atoms with Crippen LogP contribution >= 0.6 is 0 Å². The number of piperazine rings is 1. The van der Waals surface area contributed by atoms with Gasteiger partial charge in [0, 0.05) is 26.2 Å². The summed E-state index contributed by atoms with van der Waals surface area (Å²) in [6, 6.07) is 13.3. The first-order valence-corrected chi connectivity index (χ1v) is 11.2. The van der Waals surface area contributed by atoms with E-state index < -0.39 is 15.3 Å². The number of para-hydroxylation sites is 2. The van der Waals surface area contributed by atoms with Crippen molar-refractivity contribution in [3.63, 3.8) is 0 Å². The molecule has 0 aliphatic carbocycles. The van der Waals surface area contributed by atoms with Crippen LogP contribution in [0.1, 0.15) is 19.4 Å². The molecule has 0 N–H and O–H groups in total. The number of benzene rings is 2.